The van der Waals surface area contributed by atoms with Gasteiger partial charge in [0.2, 0.25) is 5.91 Å². The van der Waals surface area contributed by atoms with E-state index in [0.717, 1.165) is 0 Å². The van der Waals surface area contributed by atoms with Crippen molar-refractivity contribution in [2.45, 2.75) is 11.3 Å². The number of halogens is 1. The summed E-state index contributed by atoms with van der Waals surface area (Å²) < 4.78 is 18.1. The molecule has 2 rings (SSSR count). The van der Waals surface area contributed by atoms with Crippen molar-refractivity contribution in [2.75, 3.05) is 16.8 Å². The zero-order valence-electron chi connectivity index (χ0n) is 10.0. The Kier molecular flexibility index (Phi) is 4.33. The summed E-state index contributed by atoms with van der Waals surface area (Å²) in [5.41, 5.74) is 6.01. The summed E-state index contributed by atoms with van der Waals surface area (Å²) in [4.78, 5) is 15.8. The van der Waals surface area contributed by atoms with Gasteiger partial charge in [-0.05, 0) is 36.7 Å². The Labute approximate surface area is 117 Å². The Hall–Kier alpha value is -1.67. The number of hydrogen-bond acceptors (Lipinski definition) is 6. The molecule has 8 heteroatoms. The predicted molar refractivity (Wildman–Crippen MR) is 74.8 cm³/mol. The zero-order chi connectivity index (χ0) is 13.8. The lowest BCUT2D eigenvalue weighted by Crippen LogP contribution is -2.15. The summed E-state index contributed by atoms with van der Waals surface area (Å²) in [5.74, 6) is -0.0143. The summed E-state index contributed by atoms with van der Waals surface area (Å²) in [6.07, 6.45) is 0. The highest BCUT2D eigenvalue weighted by molar-refractivity contribution is 8.01. The van der Waals surface area contributed by atoms with Crippen molar-refractivity contribution in [1.82, 2.24) is 9.36 Å². The highest BCUT2D eigenvalue weighted by Crippen LogP contribution is 2.21. The Morgan fingerprint density at radius 1 is 1.58 bits per heavy atom. The number of amides is 1. The Morgan fingerprint density at radius 3 is 3.05 bits per heavy atom. The zero-order valence-corrected chi connectivity index (χ0v) is 11.6. The van der Waals surface area contributed by atoms with E-state index in [1.807, 2.05) is 0 Å². The normalized spacial score (nSPS) is 10.4. The van der Waals surface area contributed by atoms with Crippen LogP contribution in [0.4, 0.5) is 15.8 Å². The molecule has 0 saturated heterocycles. The molecule has 0 unspecified atom stereocenters. The van der Waals surface area contributed by atoms with Crippen LogP contribution in [0.15, 0.2) is 22.5 Å². The van der Waals surface area contributed by atoms with E-state index in [1.165, 1.54) is 41.5 Å². The standard InChI is InChI=1S/C11H11FN4OS2/c1-6-14-11(19-16-6)18-5-10(17)15-9-4-7(13)2-3-8(9)12/h2-4H,5,13H2,1H3,(H,15,17). The number of thioether (sulfide) groups is 1. The van der Waals surface area contributed by atoms with Gasteiger partial charge in [-0.1, -0.05) is 11.8 Å². The summed E-state index contributed by atoms with van der Waals surface area (Å²) in [7, 11) is 0. The van der Waals surface area contributed by atoms with Gasteiger partial charge in [0, 0.05) is 5.69 Å². The first-order chi connectivity index (χ1) is 9.04. The van der Waals surface area contributed by atoms with Gasteiger partial charge in [-0.2, -0.15) is 4.37 Å². The lowest BCUT2D eigenvalue weighted by Gasteiger charge is -2.06. The molecule has 1 amide bonds. The molecule has 0 spiro atoms. The number of aromatic nitrogens is 2. The average molecular weight is 298 g/mol. The first-order valence-electron chi connectivity index (χ1n) is 5.32. The number of carbonyl (C=O) groups is 1. The molecular formula is C11H11FN4OS2. The molecule has 2 aromatic rings. The molecule has 5 nitrogen and oxygen atoms in total. The molecule has 0 saturated carbocycles. The van der Waals surface area contributed by atoms with E-state index in [1.54, 1.807) is 6.92 Å². The smallest absolute Gasteiger partial charge is 0.234 e. The van der Waals surface area contributed by atoms with E-state index in [9.17, 15) is 9.18 Å². The van der Waals surface area contributed by atoms with E-state index >= 15 is 0 Å². The number of rotatable bonds is 4. The maximum Gasteiger partial charge on any atom is 0.234 e. The molecule has 100 valence electrons. The molecule has 0 aliphatic heterocycles. The summed E-state index contributed by atoms with van der Waals surface area (Å²) >= 11 is 2.49. The van der Waals surface area contributed by atoms with Crippen molar-refractivity contribution in [2.24, 2.45) is 0 Å². The van der Waals surface area contributed by atoms with Crippen LogP contribution >= 0.6 is 23.3 Å². The minimum absolute atomic E-state index is 0.0824. The molecule has 0 atom stereocenters. The Morgan fingerprint density at radius 2 is 2.37 bits per heavy atom. The number of benzene rings is 1. The molecule has 0 radical (unpaired) electrons. The molecule has 0 aliphatic rings. The maximum absolute atomic E-state index is 13.4. The lowest BCUT2D eigenvalue weighted by molar-refractivity contribution is -0.113. The second-order valence-electron chi connectivity index (χ2n) is 3.68. The van der Waals surface area contributed by atoms with Crippen LogP contribution < -0.4 is 11.1 Å². The third-order valence-corrected chi connectivity index (χ3v) is 4.03. The fraction of sp³-hybridized carbons (Fsp3) is 0.182. The van der Waals surface area contributed by atoms with E-state index in [0.29, 0.717) is 15.9 Å². The highest BCUT2D eigenvalue weighted by atomic mass is 32.2. The lowest BCUT2D eigenvalue weighted by atomic mass is 10.2. The van der Waals surface area contributed by atoms with Crippen LogP contribution in [0, 0.1) is 12.7 Å². The van der Waals surface area contributed by atoms with E-state index in [-0.39, 0.29) is 17.3 Å². The summed E-state index contributed by atoms with van der Waals surface area (Å²) in [5, 5.41) is 2.47. The first-order valence-corrected chi connectivity index (χ1v) is 7.08. The van der Waals surface area contributed by atoms with Gasteiger partial charge in [0.25, 0.3) is 0 Å². The number of anilines is 2. The van der Waals surface area contributed by atoms with E-state index in [2.05, 4.69) is 14.7 Å². The van der Waals surface area contributed by atoms with Crippen molar-refractivity contribution in [3.63, 3.8) is 0 Å². The molecule has 1 heterocycles. The van der Waals surface area contributed by atoms with Gasteiger partial charge in [-0.15, -0.1) is 0 Å². The second-order valence-corrected chi connectivity index (χ2v) is 5.66. The predicted octanol–water partition coefficient (Wildman–Crippen LogP) is 2.30. The van der Waals surface area contributed by atoms with Gasteiger partial charge in [0.05, 0.1) is 11.4 Å². The van der Waals surface area contributed by atoms with E-state index in [4.69, 9.17) is 5.73 Å². The van der Waals surface area contributed by atoms with Crippen molar-refractivity contribution >= 4 is 40.6 Å². The fourth-order valence-electron chi connectivity index (χ4n) is 1.29. The molecule has 0 fully saturated rings. The summed E-state index contributed by atoms with van der Waals surface area (Å²) in [6, 6.07) is 4.03. The van der Waals surface area contributed by atoms with Crippen LogP contribution in [0.2, 0.25) is 0 Å². The number of nitrogens with one attached hydrogen (secondary N) is 1. The van der Waals surface area contributed by atoms with Gasteiger partial charge in [0.1, 0.15) is 11.6 Å². The molecule has 1 aromatic carbocycles. The minimum atomic E-state index is -0.515. The van der Waals surface area contributed by atoms with Crippen molar-refractivity contribution < 1.29 is 9.18 Å². The highest BCUT2D eigenvalue weighted by Gasteiger charge is 2.09. The van der Waals surface area contributed by atoms with Gasteiger partial charge in [0.15, 0.2) is 4.34 Å². The Balaban J connectivity index is 1.92. The van der Waals surface area contributed by atoms with Crippen molar-refractivity contribution in [3.8, 4) is 0 Å². The average Bonchev–Trinajstić information content (AvgIpc) is 2.77. The number of nitrogens with two attached hydrogens (primary N) is 1. The van der Waals surface area contributed by atoms with Crippen LogP contribution in [-0.4, -0.2) is 21.0 Å². The third kappa shape index (κ3) is 3.90. The van der Waals surface area contributed by atoms with Crippen LogP contribution in [0.25, 0.3) is 0 Å². The second kappa shape index (κ2) is 5.98. The largest absolute Gasteiger partial charge is 0.399 e. The van der Waals surface area contributed by atoms with Gasteiger partial charge >= 0.3 is 0 Å². The minimum Gasteiger partial charge on any atom is -0.399 e. The van der Waals surface area contributed by atoms with Crippen LogP contribution in [-0.2, 0) is 4.79 Å². The SMILES string of the molecule is Cc1nsc(SCC(=O)Nc2cc(N)ccc2F)n1. The maximum atomic E-state index is 13.4. The first kappa shape index (κ1) is 13.8. The number of hydrogen-bond donors (Lipinski definition) is 2. The molecule has 0 aliphatic carbocycles. The van der Waals surface area contributed by atoms with Crippen LogP contribution in [0.5, 0.6) is 0 Å². The number of nitrogen functional groups attached to an aromatic ring is 1. The molecule has 1 aromatic heterocycles. The number of nitrogens with zero attached hydrogens (tertiary/aromatic N) is 2. The fourth-order valence-corrected chi connectivity index (χ4v) is 2.74. The molecule has 19 heavy (non-hydrogen) atoms. The van der Waals surface area contributed by atoms with Crippen LogP contribution in [0.1, 0.15) is 5.82 Å². The van der Waals surface area contributed by atoms with Gasteiger partial charge in [-0.3, -0.25) is 4.79 Å². The van der Waals surface area contributed by atoms with Crippen molar-refractivity contribution in [1.29, 1.82) is 0 Å². The number of aryl methyl sites for hydroxylation is 1. The molecular weight excluding hydrogens is 287 g/mol. The number of carbonyl (C=O) groups excluding carboxylic acids is 1. The quantitative estimate of drug-likeness (QED) is 0.668. The van der Waals surface area contributed by atoms with Crippen LogP contribution in [0.3, 0.4) is 0 Å². The van der Waals surface area contributed by atoms with Gasteiger partial charge in [-0.25, -0.2) is 9.37 Å². The summed E-state index contributed by atoms with van der Waals surface area (Å²) in [6.45, 7) is 1.78. The third-order valence-electron chi connectivity index (χ3n) is 2.10. The Bertz CT molecular complexity index is 602. The van der Waals surface area contributed by atoms with Crippen molar-refractivity contribution in [3.05, 3.63) is 29.8 Å². The van der Waals surface area contributed by atoms with E-state index < -0.39 is 5.82 Å². The van der Waals surface area contributed by atoms with Gasteiger partial charge < -0.3 is 11.1 Å². The molecule has 0 bridgehead atoms. The topological polar surface area (TPSA) is 80.9 Å². The molecule has 3 N–H and O–H groups in total. The monoisotopic (exact) mass is 298 g/mol.